The van der Waals surface area contributed by atoms with Crippen molar-refractivity contribution in [2.45, 2.75) is 57.4 Å². The summed E-state index contributed by atoms with van der Waals surface area (Å²) in [5.74, 6) is 1.30. The fourth-order valence-electron chi connectivity index (χ4n) is 5.47. The van der Waals surface area contributed by atoms with E-state index in [0.29, 0.717) is 24.1 Å². The van der Waals surface area contributed by atoms with Gasteiger partial charge in [-0.2, -0.15) is 0 Å². The van der Waals surface area contributed by atoms with E-state index in [1.165, 1.54) is 4.90 Å². The Morgan fingerprint density at radius 3 is 2.48 bits per heavy atom. The van der Waals surface area contributed by atoms with E-state index >= 15 is 0 Å². The van der Waals surface area contributed by atoms with Crippen LogP contribution in [0.4, 0.5) is 0 Å². The molecule has 4 rings (SSSR count). The highest BCUT2D eigenvalue weighted by atomic mass is 16.5. The molecule has 180 valence electrons. The smallest absolute Gasteiger partial charge is 0.241 e. The Morgan fingerprint density at radius 1 is 1.18 bits per heavy atom. The molecule has 0 aromatic heterocycles. The molecule has 1 aromatic rings. The molecule has 2 aliphatic heterocycles. The minimum Gasteiger partial charge on any atom is -0.497 e. The van der Waals surface area contributed by atoms with Gasteiger partial charge in [0.1, 0.15) is 5.75 Å². The van der Waals surface area contributed by atoms with Crippen molar-refractivity contribution in [3.05, 3.63) is 29.8 Å². The van der Waals surface area contributed by atoms with Gasteiger partial charge in [0.15, 0.2) is 0 Å². The van der Waals surface area contributed by atoms with E-state index in [-0.39, 0.29) is 36.6 Å². The highest BCUT2D eigenvalue weighted by Crippen LogP contribution is 2.44. The fraction of sp³-hybridized carbons (Fsp3) is 0.654. The van der Waals surface area contributed by atoms with Crippen molar-refractivity contribution < 1.29 is 19.1 Å². The molecule has 0 N–H and O–H groups in total. The maximum Gasteiger partial charge on any atom is 0.241 e. The van der Waals surface area contributed by atoms with Crippen molar-refractivity contribution in [3.63, 3.8) is 0 Å². The normalized spacial score (nSPS) is 25.8. The predicted molar refractivity (Wildman–Crippen MR) is 126 cm³/mol. The highest BCUT2D eigenvalue weighted by Gasteiger charge is 2.57. The van der Waals surface area contributed by atoms with Gasteiger partial charge >= 0.3 is 0 Å². The summed E-state index contributed by atoms with van der Waals surface area (Å²) in [6.45, 7) is 8.30. The molecule has 33 heavy (non-hydrogen) atoms. The second-order valence-electron chi connectivity index (χ2n) is 10.5. The summed E-state index contributed by atoms with van der Waals surface area (Å²) < 4.78 is 5.27. The Hall–Kier alpha value is -2.41. The van der Waals surface area contributed by atoms with Gasteiger partial charge in [0.05, 0.1) is 12.5 Å². The van der Waals surface area contributed by atoms with Gasteiger partial charge in [0, 0.05) is 45.6 Å². The third-order valence-electron chi connectivity index (χ3n) is 7.31. The van der Waals surface area contributed by atoms with Crippen LogP contribution < -0.4 is 4.74 Å². The number of amides is 3. The Labute approximate surface area is 197 Å². The molecule has 2 atom stereocenters. The largest absolute Gasteiger partial charge is 0.497 e. The molecular weight excluding hydrogens is 418 g/mol. The lowest BCUT2D eigenvalue weighted by Crippen LogP contribution is -2.44. The first-order chi connectivity index (χ1) is 15.7. The second kappa shape index (κ2) is 9.45. The van der Waals surface area contributed by atoms with Crippen molar-refractivity contribution in [2.24, 2.45) is 11.8 Å². The number of imide groups is 1. The first-order valence-electron chi connectivity index (χ1n) is 12.2. The van der Waals surface area contributed by atoms with Crippen molar-refractivity contribution >= 4 is 17.7 Å². The van der Waals surface area contributed by atoms with Crippen LogP contribution in [-0.2, 0) is 19.8 Å². The molecule has 1 aromatic carbocycles. The number of carbonyl (C=O) groups is 3. The quantitative estimate of drug-likeness (QED) is 0.536. The third-order valence-corrected chi connectivity index (χ3v) is 7.31. The van der Waals surface area contributed by atoms with Gasteiger partial charge in [-0.05, 0) is 55.3 Å². The Balaban J connectivity index is 1.50. The average molecular weight is 456 g/mol. The molecule has 2 heterocycles. The van der Waals surface area contributed by atoms with Gasteiger partial charge < -0.3 is 14.5 Å². The minimum absolute atomic E-state index is 0.00313. The third kappa shape index (κ3) is 4.93. The zero-order valence-electron chi connectivity index (χ0n) is 20.4. The molecule has 0 unspecified atom stereocenters. The van der Waals surface area contributed by atoms with Gasteiger partial charge in [0.25, 0.3) is 0 Å². The standard InChI is InChI=1S/C26H37N3O4/c1-18(2)15-28-12-11-19(17-28)16-27(3)23(30)13-26(20-5-9-22(33-4)10-6-20)14-24(31)29(25(26)32)21-7-8-21/h5-6,9-10,18-19,21H,7-8,11-17H2,1-4H3/t19-,26-/m1/s1. The first kappa shape index (κ1) is 23.7. The van der Waals surface area contributed by atoms with Crippen LogP contribution in [0.5, 0.6) is 5.75 Å². The number of nitrogens with zero attached hydrogens (tertiary/aromatic N) is 3. The van der Waals surface area contributed by atoms with Gasteiger partial charge in [-0.1, -0.05) is 26.0 Å². The van der Waals surface area contributed by atoms with Crippen LogP contribution in [0.3, 0.4) is 0 Å². The zero-order chi connectivity index (χ0) is 23.8. The van der Waals surface area contributed by atoms with E-state index in [2.05, 4.69) is 18.7 Å². The number of hydrogen-bond donors (Lipinski definition) is 0. The van der Waals surface area contributed by atoms with Crippen molar-refractivity contribution in [2.75, 3.05) is 40.3 Å². The topological polar surface area (TPSA) is 70.2 Å². The Kier molecular flexibility index (Phi) is 6.80. The number of hydrogen-bond acceptors (Lipinski definition) is 5. The summed E-state index contributed by atoms with van der Waals surface area (Å²) in [7, 11) is 3.42. The fourth-order valence-corrected chi connectivity index (χ4v) is 5.47. The van der Waals surface area contributed by atoms with Gasteiger partial charge in [-0.3, -0.25) is 19.3 Å². The number of likely N-dealkylation sites (tertiary alicyclic amines) is 2. The number of rotatable bonds is 9. The lowest BCUT2D eigenvalue weighted by Gasteiger charge is -2.30. The monoisotopic (exact) mass is 455 g/mol. The van der Waals surface area contributed by atoms with Gasteiger partial charge in [-0.25, -0.2) is 0 Å². The Morgan fingerprint density at radius 2 is 1.88 bits per heavy atom. The summed E-state index contributed by atoms with van der Waals surface area (Å²) >= 11 is 0. The average Bonchev–Trinajstić information content (AvgIpc) is 3.46. The van der Waals surface area contributed by atoms with E-state index in [9.17, 15) is 14.4 Å². The summed E-state index contributed by atoms with van der Waals surface area (Å²) in [6.07, 6.45) is 2.88. The van der Waals surface area contributed by atoms with Crippen molar-refractivity contribution in [1.29, 1.82) is 0 Å². The molecular formula is C26H37N3O4. The maximum atomic E-state index is 13.6. The van der Waals surface area contributed by atoms with Gasteiger partial charge in [-0.15, -0.1) is 0 Å². The molecule has 3 amide bonds. The number of carbonyl (C=O) groups excluding carboxylic acids is 3. The number of benzene rings is 1. The molecule has 7 heteroatoms. The summed E-state index contributed by atoms with van der Waals surface area (Å²) in [5, 5.41) is 0. The molecule has 0 radical (unpaired) electrons. The maximum absolute atomic E-state index is 13.6. The van der Waals surface area contributed by atoms with E-state index < -0.39 is 5.41 Å². The summed E-state index contributed by atoms with van der Waals surface area (Å²) in [4.78, 5) is 45.6. The SMILES string of the molecule is COc1ccc([C@@]2(CC(=O)N(C)C[C@H]3CCN(CC(C)C)C3)CC(=O)N(C3CC3)C2=O)cc1. The van der Waals surface area contributed by atoms with Gasteiger partial charge in [0.2, 0.25) is 17.7 Å². The van der Waals surface area contributed by atoms with Crippen LogP contribution >= 0.6 is 0 Å². The lowest BCUT2D eigenvalue weighted by molar-refractivity contribution is -0.143. The molecule has 1 aliphatic carbocycles. The van der Waals surface area contributed by atoms with E-state index in [0.717, 1.165) is 44.5 Å². The highest BCUT2D eigenvalue weighted by molar-refractivity contribution is 6.11. The van der Waals surface area contributed by atoms with Crippen LogP contribution in [0.25, 0.3) is 0 Å². The number of ether oxygens (including phenoxy) is 1. The minimum atomic E-state index is -1.13. The molecule has 1 saturated carbocycles. The molecule has 0 bridgehead atoms. The van der Waals surface area contributed by atoms with Crippen LogP contribution in [0, 0.1) is 11.8 Å². The van der Waals surface area contributed by atoms with E-state index in [1.807, 2.05) is 19.2 Å². The molecule has 3 aliphatic rings. The Bertz CT molecular complexity index is 895. The van der Waals surface area contributed by atoms with E-state index in [4.69, 9.17) is 4.74 Å². The van der Waals surface area contributed by atoms with Crippen LogP contribution in [0.15, 0.2) is 24.3 Å². The molecule has 7 nitrogen and oxygen atoms in total. The van der Waals surface area contributed by atoms with Crippen LogP contribution in [-0.4, -0.2) is 78.8 Å². The second-order valence-corrected chi connectivity index (χ2v) is 10.5. The van der Waals surface area contributed by atoms with E-state index in [1.54, 1.807) is 24.1 Å². The van der Waals surface area contributed by atoms with Crippen LogP contribution in [0.1, 0.15) is 51.5 Å². The van der Waals surface area contributed by atoms with Crippen molar-refractivity contribution in [1.82, 2.24) is 14.7 Å². The van der Waals surface area contributed by atoms with Crippen LogP contribution in [0.2, 0.25) is 0 Å². The molecule has 2 saturated heterocycles. The number of methoxy groups -OCH3 is 1. The predicted octanol–water partition coefficient (Wildman–Crippen LogP) is 2.68. The summed E-state index contributed by atoms with van der Waals surface area (Å²) in [5.41, 5.74) is -0.410. The van der Waals surface area contributed by atoms with Crippen molar-refractivity contribution in [3.8, 4) is 5.75 Å². The molecule has 0 spiro atoms. The summed E-state index contributed by atoms with van der Waals surface area (Å²) in [6, 6.07) is 7.25. The lowest BCUT2D eigenvalue weighted by atomic mass is 9.75. The first-order valence-corrected chi connectivity index (χ1v) is 12.2. The molecule has 3 fully saturated rings. The zero-order valence-corrected chi connectivity index (χ0v) is 20.4.